The third-order valence-electron chi connectivity index (χ3n) is 10.2. The van der Waals surface area contributed by atoms with Gasteiger partial charge < -0.3 is 9.15 Å². The molecule has 2 nitrogen and oxygen atoms in total. The lowest BCUT2D eigenvalue weighted by Crippen LogP contribution is -2.12. The summed E-state index contributed by atoms with van der Waals surface area (Å²) in [6.45, 7) is 0. The van der Waals surface area contributed by atoms with E-state index in [1.54, 1.807) is 0 Å². The Bertz CT molecular complexity index is 2440. The van der Waals surface area contributed by atoms with Crippen molar-refractivity contribution in [1.29, 1.82) is 0 Å². The molecule has 1 aromatic heterocycles. The number of ether oxygens (including phenoxy) is 1. The highest BCUT2D eigenvalue weighted by atomic mass is 16.5. The van der Waals surface area contributed by atoms with E-state index in [0.717, 1.165) is 39.9 Å². The minimum Gasteiger partial charge on any atom is -0.457 e. The minimum absolute atomic E-state index is 0.0961. The summed E-state index contributed by atoms with van der Waals surface area (Å²) in [5.41, 5.74) is 14.5. The monoisotopic (exact) mass is 602 g/mol. The zero-order valence-corrected chi connectivity index (χ0v) is 25.7. The molecule has 0 saturated heterocycles. The van der Waals surface area contributed by atoms with Crippen molar-refractivity contribution in [3.8, 4) is 33.8 Å². The van der Waals surface area contributed by atoms with E-state index in [-0.39, 0.29) is 11.8 Å². The van der Waals surface area contributed by atoms with Crippen LogP contribution in [0.5, 0.6) is 11.5 Å². The lowest BCUT2D eigenvalue weighted by molar-refractivity contribution is 0.453. The van der Waals surface area contributed by atoms with Crippen LogP contribution in [0, 0.1) is 0 Å². The van der Waals surface area contributed by atoms with Crippen LogP contribution >= 0.6 is 0 Å². The lowest BCUT2D eigenvalue weighted by atomic mass is 9.75. The van der Waals surface area contributed by atoms with Crippen molar-refractivity contribution in [2.45, 2.75) is 18.3 Å². The molecule has 1 aliphatic heterocycles. The van der Waals surface area contributed by atoms with Gasteiger partial charge in [-0.15, -0.1) is 0 Å². The average Bonchev–Trinajstić information content (AvgIpc) is 3.52. The number of hydrogen-bond acceptors (Lipinski definition) is 2. The van der Waals surface area contributed by atoms with Crippen LogP contribution in [-0.4, -0.2) is 0 Å². The molecule has 7 aromatic carbocycles. The molecular weight excluding hydrogens is 572 g/mol. The Labute approximate surface area is 273 Å². The van der Waals surface area contributed by atoms with Gasteiger partial charge in [-0.2, -0.15) is 0 Å². The van der Waals surface area contributed by atoms with Crippen molar-refractivity contribution in [3.05, 3.63) is 191 Å². The van der Waals surface area contributed by atoms with Gasteiger partial charge in [0.1, 0.15) is 22.7 Å². The number of furan rings is 1. The number of para-hydroxylation sites is 2. The van der Waals surface area contributed by atoms with Crippen molar-refractivity contribution in [2.75, 3.05) is 0 Å². The molecule has 0 bridgehead atoms. The second kappa shape index (κ2) is 10.3. The molecule has 0 amide bonds. The Hall–Kier alpha value is -5.86. The SMILES string of the molecule is c1ccc([C@@H]2Cc3ccccc3-c3c2ccc2c3oc3ccc(-c4cccc(C5c6ccccc6Oc6ccccc65)c4)cc32)cc1. The normalized spacial score (nSPS) is 15.0. The molecule has 1 aliphatic carbocycles. The third kappa shape index (κ3) is 4.11. The molecule has 47 heavy (non-hydrogen) atoms. The van der Waals surface area contributed by atoms with E-state index < -0.39 is 0 Å². The molecule has 10 rings (SSSR count). The lowest BCUT2D eigenvalue weighted by Gasteiger charge is -2.28. The van der Waals surface area contributed by atoms with Crippen LogP contribution in [0.15, 0.2) is 162 Å². The van der Waals surface area contributed by atoms with Gasteiger partial charge in [0.25, 0.3) is 0 Å². The molecule has 2 heterocycles. The summed E-state index contributed by atoms with van der Waals surface area (Å²) in [6, 6.07) is 56.8. The van der Waals surface area contributed by atoms with E-state index in [1.807, 2.05) is 12.1 Å². The summed E-state index contributed by atoms with van der Waals surface area (Å²) >= 11 is 0. The van der Waals surface area contributed by atoms with E-state index >= 15 is 0 Å². The van der Waals surface area contributed by atoms with Gasteiger partial charge in [0, 0.05) is 39.3 Å². The van der Waals surface area contributed by atoms with Gasteiger partial charge in [-0.1, -0.05) is 133 Å². The molecule has 2 aliphatic rings. The number of rotatable bonds is 3. The smallest absolute Gasteiger partial charge is 0.143 e. The highest BCUT2D eigenvalue weighted by Gasteiger charge is 2.30. The molecule has 0 N–H and O–H groups in total. The van der Waals surface area contributed by atoms with Crippen LogP contribution < -0.4 is 4.74 Å². The van der Waals surface area contributed by atoms with Crippen molar-refractivity contribution in [2.24, 2.45) is 0 Å². The van der Waals surface area contributed by atoms with Gasteiger partial charge in [-0.3, -0.25) is 0 Å². The molecule has 0 fully saturated rings. The van der Waals surface area contributed by atoms with Crippen LogP contribution in [0.3, 0.4) is 0 Å². The van der Waals surface area contributed by atoms with Crippen LogP contribution in [0.2, 0.25) is 0 Å². The fraction of sp³-hybridized carbons (Fsp3) is 0.0667. The Morgan fingerprint density at radius 2 is 1.19 bits per heavy atom. The Kier molecular flexibility index (Phi) is 5.80. The van der Waals surface area contributed by atoms with Crippen molar-refractivity contribution >= 4 is 21.9 Å². The predicted octanol–water partition coefficient (Wildman–Crippen LogP) is 11.9. The Balaban J connectivity index is 1.12. The predicted molar refractivity (Wildman–Crippen MR) is 190 cm³/mol. The quantitative estimate of drug-likeness (QED) is 0.201. The first-order valence-corrected chi connectivity index (χ1v) is 16.4. The summed E-state index contributed by atoms with van der Waals surface area (Å²) < 4.78 is 13.1. The summed E-state index contributed by atoms with van der Waals surface area (Å²) in [5, 5.41) is 2.30. The highest BCUT2D eigenvalue weighted by Crippen LogP contribution is 2.49. The van der Waals surface area contributed by atoms with Gasteiger partial charge in [-0.25, -0.2) is 0 Å². The van der Waals surface area contributed by atoms with Gasteiger partial charge in [-0.05, 0) is 69.6 Å². The van der Waals surface area contributed by atoms with E-state index in [4.69, 9.17) is 9.15 Å². The minimum atomic E-state index is 0.0961. The Morgan fingerprint density at radius 1 is 0.489 bits per heavy atom. The Morgan fingerprint density at radius 3 is 2.02 bits per heavy atom. The first-order valence-electron chi connectivity index (χ1n) is 16.4. The van der Waals surface area contributed by atoms with Gasteiger partial charge >= 0.3 is 0 Å². The summed E-state index contributed by atoms with van der Waals surface area (Å²) in [5.74, 6) is 2.23. The summed E-state index contributed by atoms with van der Waals surface area (Å²) in [4.78, 5) is 0. The zero-order valence-electron chi connectivity index (χ0n) is 25.7. The topological polar surface area (TPSA) is 22.4 Å². The first-order chi connectivity index (χ1) is 23.3. The van der Waals surface area contributed by atoms with Crippen molar-refractivity contribution < 1.29 is 9.15 Å². The largest absolute Gasteiger partial charge is 0.457 e. The number of fused-ring (bicyclic) bond motifs is 9. The first kappa shape index (κ1) is 26.4. The molecular formula is C45H30O2. The maximum absolute atomic E-state index is 6.77. The number of benzene rings is 7. The van der Waals surface area contributed by atoms with Crippen LogP contribution in [0.25, 0.3) is 44.2 Å². The number of hydrogen-bond donors (Lipinski definition) is 0. The standard InChI is InChI=1S/C45H30O2/c1-2-11-28(12-3-1)38-27-31-13-4-5-16-33(31)44-34(38)22-23-35-39-26-30(21-24-42(39)47-45(35)44)29-14-10-15-32(25-29)43-36-17-6-8-19-40(36)46-41-20-9-7-18-37(41)43/h1-26,38,43H,27H2/t38-/m0/s1. The fourth-order valence-corrected chi connectivity index (χ4v) is 8.02. The van der Waals surface area contributed by atoms with E-state index in [0.29, 0.717) is 0 Å². The second-order valence-electron chi connectivity index (χ2n) is 12.8. The van der Waals surface area contributed by atoms with Crippen molar-refractivity contribution in [1.82, 2.24) is 0 Å². The van der Waals surface area contributed by atoms with Crippen LogP contribution in [0.4, 0.5) is 0 Å². The van der Waals surface area contributed by atoms with Crippen LogP contribution in [0.1, 0.15) is 45.2 Å². The van der Waals surface area contributed by atoms with E-state index in [1.165, 1.54) is 55.6 Å². The average molecular weight is 603 g/mol. The zero-order chi connectivity index (χ0) is 30.9. The maximum Gasteiger partial charge on any atom is 0.143 e. The molecule has 1 atom stereocenters. The van der Waals surface area contributed by atoms with Gasteiger partial charge in [0.2, 0.25) is 0 Å². The third-order valence-corrected chi connectivity index (χ3v) is 10.2. The molecule has 0 radical (unpaired) electrons. The van der Waals surface area contributed by atoms with Gasteiger partial charge in [0.05, 0.1) is 0 Å². The fourth-order valence-electron chi connectivity index (χ4n) is 8.02. The van der Waals surface area contributed by atoms with E-state index in [2.05, 4.69) is 146 Å². The molecule has 8 aromatic rings. The maximum atomic E-state index is 6.77. The molecule has 222 valence electrons. The van der Waals surface area contributed by atoms with Gasteiger partial charge in [0.15, 0.2) is 0 Å². The van der Waals surface area contributed by atoms with Crippen molar-refractivity contribution in [3.63, 3.8) is 0 Å². The molecule has 0 unspecified atom stereocenters. The highest BCUT2D eigenvalue weighted by molar-refractivity contribution is 6.11. The molecule has 0 spiro atoms. The summed E-state index contributed by atoms with van der Waals surface area (Å²) in [7, 11) is 0. The van der Waals surface area contributed by atoms with Crippen LogP contribution in [-0.2, 0) is 6.42 Å². The second-order valence-corrected chi connectivity index (χ2v) is 12.8. The molecule has 2 heteroatoms. The summed E-state index contributed by atoms with van der Waals surface area (Å²) in [6.07, 6.45) is 0.988. The van der Waals surface area contributed by atoms with E-state index in [9.17, 15) is 0 Å². The molecule has 0 saturated carbocycles.